The zero-order valence-corrected chi connectivity index (χ0v) is 11.7. The monoisotopic (exact) mass is 315 g/mol. The molecule has 1 atom stereocenters. The van der Waals surface area contributed by atoms with Gasteiger partial charge in [0, 0.05) is 27.3 Å². The van der Waals surface area contributed by atoms with Crippen LogP contribution in [0.5, 0.6) is 0 Å². The van der Waals surface area contributed by atoms with Gasteiger partial charge in [0.1, 0.15) is 0 Å². The number of hydrogen-bond donors (Lipinski definition) is 0. The summed E-state index contributed by atoms with van der Waals surface area (Å²) < 4.78 is 1.10. The summed E-state index contributed by atoms with van der Waals surface area (Å²) in [6.45, 7) is 0. The van der Waals surface area contributed by atoms with E-state index in [0.29, 0.717) is 11.8 Å². The van der Waals surface area contributed by atoms with Crippen molar-refractivity contribution >= 4 is 38.9 Å². The zero-order valence-electron chi connectivity index (χ0n) is 8.57. The lowest BCUT2D eigenvalue weighted by atomic mass is 9.97. The van der Waals surface area contributed by atoms with E-state index in [-0.39, 0.29) is 0 Å². The highest BCUT2D eigenvalue weighted by Crippen LogP contribution is 2.25. The first-order chi connectivity index (χ1) is 7.79. The van der Waals surface area contributed by atoms with Gasteiger partial charge in [0.15, 0.2) is 0 Å². The average Bonchev–Trinajstić information content (AvgIpc) is 2.80. The molecular formula is C12H11BrClNS. The second-order valence-electron chi connectivity index (χ2n) is 3.57. The van der Waals surface area contributed by atoms with E-state index in [0.717, 1.165) is 10.9 Å². The van der Waals surface area contributed by atoms with Crippen LogP contribution in [0.1, 0.15) is 16.4 Å². The third-order valence-corrected chi connectivity index (χ3v) is 4.16. The SMILES string of the molecule is ClCC(Cc1cncs1)c1ccc(Br)cc1. The van der Waals surface area contributed by atoms with Crippen molar-refractivity contribution in [3.8, 4) is 0 Å². The van der Waals surface area contributed by atoms with E-state index in [4.69, 9.17) is 11.6 Å². The summed E-state index contributed by atoms with van der Waals surface area (Å²) in [5.74, 6) is 1.01. The quantitative estimate of drug-likeness (QED) is 0.758. The molecule has 2 aromatic rings. The van der Waals surface area contributed by atoms with Crippen LogP contribution in [0.25, 0.3) is 0 Å². The molecule has 0 spiro atoms. The summed E-state index contributed by atoms with van der Waals surface area (Å²) in [5, 5.41) is 0. The van der Waals surface area contributed by atoms with Crippen LogP contribution in [-0.2, 0) is 6.42 Å². The molecular weight excluding hydrogens is 306 g/mol. The standard InChI is InChI=1S/C12H11BrClNS/c13-11-3-1-9(2-4-11)10(6-14)5-12-7-15-8-16-12/h1-4,7-8,10H,5-6H2. The van der Waals surface area contributed by atoms with Crippen LogP contribution in [0.4, 0.5) is 0 Å². The smallest absolute Gasteiger partial charge is 0.0794 e. The predicted molar refractivity (Wildman–Crippen MR) is 73.4 cm³/mol. The Kier molecular flexibility index (Phi) is 4.38. The molecule has 0 N–H and O–H groups in total. The van der Waals surface area contributed by atoms with Gasteiger partial charge in [-0.05, 0) is 24.1 Å². The molecule has 16 heavy (non-hydrogen) atoms. The number of nitrogens with zero attached hydrogens (tertiary/aromatic N) is 1. The number of hydrogen-bond acceptors (Lipinski definition) is 2. The average molecular weight is 317 g/mol. The molecule has 2 rings (SSSR count). The number of benzene rings is 1. The Labute approximate surface area is 113 Å². The molecule has 0 amide bonds. The van der Waals surface area contributed by atoms with E-state index >= 15 is 0 Å². The third-order valence-electron chi connectivity index (χ3n) is 2.46. The molecule has 4 heteroatoms. The van der Waals surface area contributed by atoms with Crippen molar-refractivity contribution in [3.05, 3.63) is 50.9 Å². The normalized spacial score (nSPS) is 12.6. The van der Waals surface area contributed by atoms with E-state index in [1.165, 1.54) is 10.4 Å². The van der Waals surface area contributed by atoms with Crippen molar-refractivity contribution in [1.82, 2.24) is 4.98 Å². The fraction of sp³-hybridized carbons (Fsp3) is 0.250. The van der Waals surface area contributed by atoms with Gasteiger partial charge in [-0.1, -0.05) is 28.1 Å². The first-order valence-electron chi connectivity index (χ1n) is 4.98. The molecule has 0 saturated carbocycles. The van der Waals surface area contributed by atoms with Crippen LogP contribution in [0, 0.1) is 0 Å². The second kappa shape index (κ2) is 5.80. The van der Waals surface area contributed by atoms with E-state index in [9.17, 15) is 0 Å². The van der Waals surface area contributed by atoms with Crippen LogP contribution >= 0.6 is 38.9 Å². The number of halogens is 2. The van der Waals surface area contributed by atoms with Crippen LogP contribution in [0.15, 0.2) is 40.4 Å². The first-order valence-corrected chi connectivity index (χ1v) is 7.19. The maximum Gasteiger partial charge on any atom is 0.0794 e. The topological polar surface area (TPSA) is 12.9 Å². The molecule has 1 unspecified atom stereocenters. The molecule has 0 saturated heterocycles. The predicted octanol–water partition coefficient (Wildman–Crippen LogP) is 4.47. The highest BCUT2D eigenvalue weighted by molar-refractivity contribution is 9.10. The zero-order chi connectivity index (χ0) is 11.4. The highest BCUT2D eigenvalue weighted by Gasteiger charge is 2.12. The Balaban J connectivity index is 2.13. The maximum atomic E-state index is 6.03. The van der Waals surface area contributed by atoms with Crippen LogP contribution < -0.4 is 0 Å². The minimum Gasteiger partial charge on any atom is -0.253 e. The first kappa shape index (κ1) is 12.1. The number of aromatic nitrogens is 1. The van der Waals surface area contributed by atoms with Gasteiger partial charge in [-0.25, -0.2) is 0 Å². The van der Waals surface area contributed by atoms with Gasteiger partial charge in [0.25, 0.3) is 0 Å². The second-order valence-corrected chi connectivity index (χ2v) is 5.77. The molecule has 0 aliphatic heterocycles. The van der Waals surface area contributed by atoms with Crippen LogP contribution in [-0.4, -0.2) is 10.9 Å². The Morgan fingerprint density at radius 2 is 2.06 bits per heavy atom. The fourth-order valence-corrected chi connectivity index (χ4v) is 2.81. The number of alkyl halides is 1. The molecule has 0 aliphatic carbocycles. The lowest BCUT2D eigenvalue weighted by Gasteiger charge is -2.12. The van der Waals surface area contributed by atoms with E-state index in [2.05, 4.69) is 45.2 Å². The van der Waals surface area contributed by atoms with Crippen LogP contribution in [0.3, 0.4) is 0 Å². The molecule has 0 bridgehead atoms. The largest absolute Gasteiger partial charge is 0.253 e. The van der Waals surface area contributed by atoms with Crippen molar-refractivity contribution < 1.29 is 0 Å². The fourth-order valence-electron chi connectivity index (χ4n) is 1.58. The van der Waals surface area contributed by atoms with Gasteiger partial charge in [-0.15, -0.1) is 22.9 Å². The van der Waals surface area contributed by atoms with Crippen molar-refractivity contribution in [3.63, 3.8) is 0 Å². The molecule has 1 aromatic heterocycles. The Morgan fingerprint density at radius 3 is 2.62 bits per heavy atom. The van der Waals surface area contributed by atoms with Crippen molar-refractivity contribution in [2.75, 3.05) is 5.88 Å². The summed E-state index contributed by atoms with van der Waals surface area (Å²) in [6.07, 6.45) is 2.89. The highest BCUT2D eigenvalue weighted by atomic mass is 79.9. The molecule has 0 aliphatic rings. The van der Waals surface area contributed by atoms with Crippen LogP contribution in [0.2, 0.25) is 0 Å². The molecule has 0 radical (unpaired) electrons. The minimum absolute atomic E-state index is 0.371. The van der Waals surface area contributed by atoms with Gasteiger partial charge < -0.3 is 0 Å². The summed E-state index contributed by atoms with van der Waals surface area (Å²) in [6, 6.07) is 8.36. The Hall–Kier alpha value is -0.380. The molecule has 1 nitrogen and oxygen atoms in total. The van der Waals surface area contributed by atoms with Crippen molar-refractivity contribution in [2.24, 2.45) is 0 Å². The van der Waals surface area contributed by atoms with Gasteiger partial charge in [-0.2, -0.15) is 0 Å². The van der Waals surface area contributed by atoms with E-state index < -0.39 is 0 Å². The molecule has 1 aromatic carbocycles. The van der Waals surface area contributed by atoms with E-state index in [1.807, 2.05) is 11.7 Å². The Morgan fingerprint density at radius 1 is 1.31 bits per heavy atom. The van der Waals surface area contributed by atoms with Gasteiger partial charge in [-0.3, -0.25) is 4.98 Å². The minimum atomic E-state index is 0.371. The maximum absolute atomic E-state index is 6.03. The summed E-state index contributed by atoms with van der Waals surface area (Å²) in [5.41, 5.74) is 3.15. The molecule has 0 fully saturated rings. The Bertz CT molecular complexity index is 427. The number of rotatable bonds is 4. The van der Waals surface area contributed by atoms with E-state index in [1.54, 1.807) is 11.3 Å². The molecule has 84 valence electrons. The molecule has 1 heterocycles. The number of thiazole rings is 1. The van der Waals surface area contributed by atoms with Crippen molar-refractivity contribution in [1.29, 1.82) is 0 Å². The summed E-state index contributed by atoms with van der Waals surface area (Å²) in [4.78, 5) is 5.37. The van der Waals surface area contributed by atoms with Gasteiger partial charge >= 0.3 is 0 Å². The van der Waals surface area contributed by atoms with Gasteiger partial charge in [0.05, 0.1) is 5.51 Å². The lowest BCUT2D eigenvalue weighted by molar-refractivity contribution is 0.774. The third kappa shape index (κ3) is 3.06. The lowest BCUT2D eigenvalue weighted by Crippen LogP contribution is -2.03. The summed E-state index contributed by atoms with van der Waals surface area (Å²) in [7, 11) is 0. The van der Waals surface area contributed by atoms with Gasteiger partial charge in [0.2, 0.25) is 0 Å². The summed E-state index contributed by atoms with van der Waals surface area (Å²) >= 11 is 11.2. The van der Waals surface area contributed by atoms with Crippen molar-refractivity contribution in [2.45, 2.75) is 12.3 Å².